The summed E-state index contributed by atoms with van der Waals surface area (Å²) in [5.74, 6) is -0.644. The van der Waals surface area contributed by atoms with E-state index in [1.54, 1.807) is 27.7 Å². The number of fused-ring (bicyclic) bond motifs is 5. The molecule has 11 aliphatic carbocycles. The molecule has 128 heavy (non-hydrogen) atoms. The van der Waals surface area contributed by atoms with Crippen LogP contribution in [-0.2, 0) is 120 Å². The van der Waals surface area contributed by atoms with E-state index in [-0.39, 0.29) is 118 Å². The van der Waals surface area contributed by atoms with E-state index < -0.39 is 131 Å². The first kappa shape index (κ1) is 105. The molecule has 0 radical (unpaired) electrons. The van der Waals surface area contributed by atoms with Crippen molar-refractivity contribution >= 4 is 120 Å². The summed E-state index contributed by atoms with van der Waals surface area (Å²) in [4.78, 5) is 1.64. The first-order valence-electron chi connectivity index (χ1n) is 47.8. The fourth-order valence-electron chi connectivity index (χ4n) is 24.1. The van der Waals surface area contributed by atoms with E-state index in [1.165, 1.54) is 12.8 Å². The average Bonchev–Trinajstić information content (AvgIpc) is 1.52. The molecule has 42 heteroatoms. The van der Waals surface area contributed by atoms with Gasteiger partial charge in [0.25, 0.3) is 0 Å². The number of rotatable bonds is 12. The van der Waals surface area contributed by atoms with Crippen LogP contribution in [0.1, 0.15) is 388 Å². The van der Waals surface area contributed by atoms with Crippen molar-refractivity contribution in [1.82, 2.24) is 0 Å². The highest BCUT2D eigenvalue weighted by atomic mass is 32.3. The molecule has 0 bridgehead atoms. The van der Waals surface area contributed by atoms with E-state index in [2.05, 4.69) is 24.8 Å². The van der Waals surface area contributed by atoms with Crippen molar-refractivity contribution in [2.24, 2.45) is 81.8 Å². The second-order valence-electron chi connectivity index (χ2n) is 40.1. The van der Waals surface area contributed by atoms with Crippen molar-refractivity contribution in [2.75, 3.05) is 0 Å². The molecule has 17 aliphatic rings. The van der Waals surface area contributed by atoms with Gasteiger partial charge in [0.1, 0.15) is 120 Å². The molecule has 0 N–H and O–H groups in total. The molecule has 17 rings (SSSR count). The van der Waals surface area contributed by atoms with Crippen LogP contribution >= 0.6 is 0 Å². The minimum atomic E-state index is -4.09. The van der Waals surface area contributed by atoms with Gasteiger partial charge in [-0.1, -0.05) is 247 Å². The lowest BCUT2D eigenvalue weighted by Crippen LogP contribution is -2.41. The first-order chi connectivity index (χ1) is 59.9. The van der Waals surface area contributed by atoms with E-state index in [0.29, 0.717) is 24.7 Å². The lowest BCUT2D eigenvalue weighted by Gasteiger charge is -2.48. The predicted octanol–water partition coefficient (Wildman–Crippen LogP) is 21.2. The van der Waals surface area contributed by atoms with Gasteiger partial charge in [-0.2, -0.15) is 0 Å². The van der Waals surface area contributed by atoms with Gasteiger partial charge in [-0.15, -0.1) is 0 Å². The fourth-order valence-corrected chi connectivity index (χ4v) is 51.3. The summed E-state index contributed by atoms with van der Waals surface area (Å²) in [6.45, 7) is 10.6. The molecule has 734 valence electrons. The van der Waals surface area contributed by atoms with E-state index in [0.717, 1.165) is 321 Å². The fraction of sp³-hybridized carbons (Fsp3) is 0.860. The van der Waals surface area contributed by atoms with Crippen LogP contribution in [0, 0.1) is 81.8 Å². The maximum Gasteiger partial charge on any atom is 0.110 e. The second-order valence-corrected chi connectivity index (χ2v) is 60.3. The first-order valence-corrected chi connectivity index (χ1v) is 65.1. The van der Waals surface area contributed by atoms with Crippen molar-refractivity contribution in [3.8, 4) is 0 Å². The summed E-state index contributed by atoms with van der Waals surface area (Å²) < 4.78 is 316. The van der Waals surface area contributed by atoms with Crippen LogP contribution < -0.4 is 0 Å². The SMILES string of the molecule is CCC(C)(C)C1=C(C(C)(C)CC)S(=O)(=O)[N-]S1(=O)=O.O=S1(=O)[N-]S(=O)(=O)C(C2CCCC2)=C1C1CCCC1.O=S1(=O)[N-]S(=O)(=O)C(C2CCCCC2)=C1C1CCCCC1.O=S1(=O)[N-]S(=O)(=O)C(C2CCCCCC2)=C1C1CCCCCC1.O=S1(=O)[N-]S(=O)(=O)C(C2CCCCCCC2)=C1C1CCCCCCC1.O=S1(=O)[N-]S(=O)(=O)C2=C1C1CCCCC1C1CCCCC21. The van der Waals surface area contributed by atoms with Gasteiger partial charge in [-0.3, -0.25) is 0 Å². The van der Waals surface area contributed by atoms with Crippen molar-refractivity contribution < 1.29 is 101 Å². The Balaban J connectivity index is 0.000000140. The molecule has 30 nitrogen and oxygen atoms in total. The number of nitrogens with zero attached hydrogens (tertiary/aromatic N) is 6. The molecule has 6 heterocycles. The minimum Gasteiger partial charge on any atom is -0.428 e. The predicted molar refractivity (Wildman–Crippen MR) is 499 cm³/mol. The van der Waals surface area contributed by atoms with E-state index in [4.69, 9.17) is 0 Å². The van der Waals surface area contributed by atoms with Crippen LogP contribution in [0.4, 0.5) is 0 Å². The van der Waals surface area contributed by atoms with Crippen LogP contribution in [0.2, 0.25) is 0 Å². The van der Waals surface area contributed by atoms with Gasteiger partial charge in [0.15, 0.2) is 0 Å². The van der Waals surface area contributed by atoms with E-state index in [9.17, 15) is 101 Å². The number of sulfonamides is 12. The number of hydrogen-bond acceptors (Lipinski definition) is 24. The minimum absolute atomic E-state index is 0.0330. The largest absolute Gasteiger partial charge is 0.428 e. The van der Waals surface area contributed by atoms with Gasteiger partial charge in [-0.25, -0.2) is 101 Å². The standard InChI is InChI=1S/C18H30NO4S2.C16H26NO4S2.C14H20NO4S2.C14H22NO4S2.C12H18NO4S2.C12H22NO4S2/c20-24(21)17(15-11-7-3-1-4-8-12-15)18(25(22,23)19-24)16-13-9-5-2-6-10-14-16;18-22(19)15(13-9-5-1-2-6-10-13)16(23(20,21)17-22)14-11-7-3-4-8-12-14;16-20(17)13-11-7-3-1-5-9(11)10-6-2-4-8-12(10)14(13)21(18,19)15-20;16-20(17)13(11-7-3-1-4-8-11)14(21(18,19)15-20)12-9-5-2-6-10-12;14-18(15)11(9-5-1-2-6-9)12(19(16,17)13-18)10-7-3-4-8-10;1-7-11(3,4)9-10(12(5,6)8-2)19(16,17)13-18(9,14)15/h15-16H,1-14H2;13-14H,1-12H2;9-12H,1-8H2;11-12H,1-10H2;9-10H,1-8H2;7-8H2,1-6H3/q6*-1. The normalized spacial score (nSPS) is 31.5. The molecule has 10 fully saturated rings. The molecule has 0 amide bonds. The third-order valence-corrected chi connectivity index (χ3v) is 54.3. The Labute approximate surface area is 768 Å². The van der Waals surface area contributed by atoms with Crippen molar-refractivity contribution in [3.05, 3.63) is 83.6 Å². The van der Waals surface area contributed by atoms with Crippen LogP contribution in [-0.4, -0.2) is 101 Å². The van der Waals surface area contributed by atoms with E-state index in [1.807, 2.05) is 13.8 Å². The lowest BCUT2D eigenvalue weighted by molar-refractivity contribution is 0.102. The Hall–Kier alpha value is -2.40. The van der Waals surface area contributed by atoms with Gasteiger partial charge < -0.3 is 24.8 Å². The molecule has 10 saturated carbocycles. The zero-order valence-corrected chi connectivity index (χ0v) is 85.3. The molecule has 0 aromatic carbocycles. The van der Waals surface area contributed by atoms with Gasteiger partial charge in [0.2, 0.25) is 0 Å². The van der Waals surface area contributed by atoms with Crippen LogP contribution in [0.5, 0.6) is 0 Å². The Morgan fingerprint density at radius 2 is 0.305 bits per heavy atom. The maximum absolute atomic E-state index is 12.7. The van der Waals surface area contributed by atoms with Gasteiger partial charge >= 0.3 is 0 Å². The lowest BCUT2D eigenvalue weighted by atomic mass is 9.60. The molecule has 6 aliphatic heterocycles. The number of hydrogen-bond donors (Lipinski definition) is 0. The molecule has 0 saturated heterocycles. The molecular formula is C86H138N6O24S12-6. The summed E-state index contributed by atoms with van der Waals surface area (Å²) in [6, 6.07) is 0. The van der Waals surface area contributed by atoms with Crippen LogP contribution in [0.25, 0.3) is 24.8 Å². The summed E-state index contributed by atoms with van der Waals surface area (Å²) >= 11 is 0. The molecule has 0 spiro atoms. The summed E-state index contributed by atoms with van der Waals surface area (Å²) in [5, 5.41) is 0. The smallest absolute Gasteiger partial charge is 0.110 e. The monoisotopic (exact) mass is 2020 g/mol. The Kier molecular flexibility index (Phi) is 34.1. The Morgan fingerprint density at radius 3 is 0.477 bits per heavy atom. The van der Waals surface area contributed by atoms with Crippen LogP contribution in [0.3, 0.4) is 0 Å². The van der Waals surface area contributed by atoms with Gasteiger partial charge in [0, 0.05) is 58.9 Å². The zero-order valence-electron chi connectivity index (χ0n) is 75.5. The third-order valence-electron chi connectivity index (χ3n) is 30.6. The van der Waals surface area contributed by atoms with Crippen molar-refractivity contribution in [3.63, 3.8) is 0 Å². The topological polar surface area (TPSA) is 494 Å². The number of allylic oxidation sites excluding steroid dienone is 12. The molecular weight excluding hydrogens is 1890 g/mol. The summed E-state index contributed by atoms with van der Waals surface area (Å²) in [5.41, 5.74) is -1.48. The second kappa shape index (κ2) is 41.7. The third kappa shape index (κ3) is 23.4. The van der Waals surface area contributed by atoms with E-state index >= 15 is 0 Å². The molecule has 0 aromatic rings. The maximum atomic E-state index is 12.7. The van der Waals surface area contributed by atoms with Gasteiger partial charge in [-0.05, 0) is 223 Å². The highest BCUT2D eigenvalue weighted by Gasteiger charge is 2.54. The van der Waals surface area contributed by atoms with Crippen LogP contribution in [0.15, 0.2) is 58.9 Å². The Morgan fingerprint density at radius 1 is 0.180 bits per heavy atom. The molecule has 0 aromatic heterocycles. The Bertz CT molecular complexity index is 5330. The highest BCUT2D eigenvalue weighted by molar-refractivity contribution is 8.21. The highest BCUT2D eigenvalue weighted by Crippen LogP contribution is 2.62. The average molecular weight is 2020 g/mol. The van der Waals surface area contributed by atoms with Gasteiger partial charge in [0.05, 0.1) is 0 Å². The quantitative estimate of drug-likeness (QED) is 0.164. The molecule has 4 atom stereocenters. The van der Waals surface area contributed by atoms with Crippen molar-refractivity contribution in [1.29, 1.82) is 0 Å². The molecule has 4 unspecified atom stereocenters. The summed E-state index contributed by atoms with van der Waals surface area (Å²) in [6.07, 6.45) is 50.4. The van der Waals surface area contributed by atoms with Crippen molar-refractivity contribution in [2.45, 2.75) is 388 Å². The zero-order chi connectivity index (χ0) is 93.3. The summed E-state index contributed by atoms with van der Waals surface area (Å²) in [7, 11) is -48.0.